The van der Waals surface area contributed by atoms with Gasteiger partial charge in [-0.05, 0) is 43.5 Å². The van der Waals surface area contributed by atoms with Crippen LogP contribution >= 0.6 is 0 Å². The second kappa shape index (κ2) is 9.20. The van der Waals surface area contributed by atoms with E-state index < -0.39 is 23.8 Å². The van der Waals surface area contributed by atoms with Gasteiger partial charge in [0.05, 0.1) is 12.2 Å². The molecule has 1 N–H and O–H groups in total. The molecule has 1 saturated carbocycles. The molecular weight excluding hydrogens is 322 g/mol. The summed E-state index contributed by atoms with van der Waals surface area (Å²) in [5.74, 6) is -3.17. The molecule has 0 aromatic heterocycles. The van der Waals surface area contributed by atoms with Gasteiger partial charge in [0.1, 0.15) is 0 Å². The van der Waals surface area contributed by atoms with E-state index in [1.54, 1.807) is 24.3 Å². The highest BCUT2D eigenvalue weighted by Crippen LogP contribution is 2.30. The minimum absolute atomic E-state index is 0.313. The molecule has 136 valence electrons. The molecule has 0 spiro atoms. The Morgan fingerprint density at radius 1 is 1.12 bits per heavy atom. The maximum Gasteiger partial charge on any atom is 0.338 e. The van der Waals surface area contributed by atoms with E-state index in [0.29, 0.717) is 30.7 Å². The van der Waals surface area contributed by atoms with Gasteiger partial charge in [-0.3, -0.25) is 4.79 Å². The van der Waals surface area contributed by atoms with Crippen LogP contribution in [0.5, 0.6) is 0 Å². The van der Waals surface area contributed by atoms with Crippen LogP contribution in [0.2, 0.25) is 0 Å². The summed E-state index contributed by atoms with van der Waals surface area (Å²) >= 11 is 0. The van der Waals surface area contributed by atoms with E-state index in [2.05, 4.69) is 5.32 Å². The molecule has 6 nitrogen and oxygen atoms in total. The second-order valence-corrected chi connectivity index (χ2v) is 6.37. The van der Waals surface area contributed by atoms with Crippen LogP contribution in [0.3, 0.4) is 0 Å². The number of rotatable bonds is 7. The van der Waals surface area contributed by atoms with Gasteiger partial charge in [0.2, 0.25) is 5.91 Å². The van der Waals surface area contributed by atoms with Gasteiger partial charge in [-0.2, -0.15) is 0 Å². The van der Waals surface area contributed by atoms with Gasteiger partial charge >= 0.3 is 5.97 Å². The summed E-state index contributed by atoms with van der Waals surface area (Å²) in [6, 6.07) is 6.40. The molecule has 0 heterocycles. The highest BCUT2D eigenvalue weighted by Gasteiger charge is 2.31. The standard InChI is InChI=1S/C19H25NO5/c1-2-3-12-25-19(24)13-8-10-14(11-9-13)20-17(21)15-6-4-5-7-16(15)18(22)23/h8-11,15-16H,2-7,12H2,1H3,(H,20,21)(H,22,23)/p-1/t15-,16+/m0/s1. The van der Waals surface area contributed by atoms with Crippen LogP contribution in [0.1, 0.15) is 55.8 Å². The van der Waals surface area contributed by atoms with Gasteiger partial charge in [0, 0.05) is 23.5 Å². The van der Waals surface area contributed by atoms with Crippen molar-refractivity contribution in [3.8, 4) is 0 Å². The molecule has 0 radical (unpaired) electrons. The molecule has 0 aliphatic heterocycles. The lowest BCUT2D eigenvalue weighted by Crippen LogP contribution is -2.42. The largest absolute Gasteiger partial charge is 0.550 e. The van der Waals surface area contributed by atoms with Crippen molar-refractivity contribution >= 4 is 23.5 Å². The molecule has 2 rings (SSSR count). The number of carboxylic acids is 1. The third-order valence-electron chi connectivity index (χ3n) is 4.52. The van der Waals surface area contributed by atoms with Crippen LogP contribution in [0.25, 0.3) is 0 Å². The number of carbonyl (C=O) groups is 3. The van der Waals surface area contributed by atoms with Gasteiger partial charge in [-0.15, -0.1) is 0 Å². The highest BCUT2D eigenvalue weighted by molar-refractivity contribution is 5.96. The number of benzene rings is 1. The van der Waals surface area contributed by atoms with Crippen LogP contribution in [0, 0.1) is 11.8 Å². The molecule has 0 unspecified atom stereocenters. The van der Waals surface area contributed by atoms with Crippen molar-refractivity contribution in [3.63, 3.8) is 0 Å². The molecule has 25 heavy (non-hydrogen) atoms. The zero-order valence-electron chi connectivity index (χ0n) is 14.5. The molecule has 0 saturated heterocycles. The number of carbonyl (C=O) groups excluding carboxylic acids is 3. The smallest absolute Gasteiger partial charge is 0.338 e. The summed E-state index contributed by atoms with van der Waals surface area (Å²) in [7, 11) is 0. The summed E-state index contributed by atoms with van der Waals surface area (Å²) in [5, 5.41) is 13.9. The second-order valence-electron chi connectivity index (χ2n) is 6.37. The summed E-state index contributed by atoms with van der Waals surface area (Å²) in [6.07, 6.45) is 4.43. The predicted octanol–water partition coefficient (Wildman–Crippen LogP) is 2.14. The quantitative estimate of drug-likeness (QED) is 0.603. The summed E-state index contributed by atoms with van der Waals surface area (Å²) < 4.78 is 5.13. The van der Waals surface area contributed by atoms with Crippen LogP contribution in [-0.4, -0.2) is 24.5 Å². The van der Waals surface area contributed by atoms with E-state index in [1.165, 1.54) is 0 Å². The van der Waals surface area contributed by atoms with Crippen molar-refractivity contribution in [1.82, 2.24) is 0 Å². The lowest BCUT2D eigenvalue weighted by molar-refractivity contribution is -0.313. The zero-order valence-corrected chi connectivity index (χ0v) is 14.5. The lowest BCUT2D eigenvalue weighted by atomic mass is 9.78. The first-order chi connectivity index (χ1) is 12.0. The van der Waals surface area contributed by atoms with Gasteiger partial charge in [0.25, 0.3) is 0 Å². The fourth-order valence-corrected chi connectivity index (χ4v) is 3.04. The number of aliphatic carboxylic acids is 1. The average Bonchev–Trinajstić information content (AvgIpc) is 2.62. The van der Waals surface area contributed by atoms with E-state index in [0.717, 1.165) is 25.7 Å². The molecule has 1 aromatic carbocycles. The fraction of sp³-hybridized carbons (Fsp3) is 0.526. The fourth-order valence-electron chi connectivity index (χ4n) is 3.04. The Hall–Kier alpha value is -2.37. The Morgan fingerprint density at radius 2 is 1.76 bits per heavy atom. The average molecular weight is 346 g/mol. The van der Waals surface area contributed by atoms with E-state index >= 15 is 0 Å². The maximum atomic E-state index is 12.4. The Labute approximate surface area is 147 Å². The number of hydrogen-bond donors (Lipinski definition) is 1. The van der Waals surface area contributed by atoms with Gasteiger partial charge in [-0.25, -0.2) is 4.79 Å². The lowest BCUT2D eigenvalue weighted by Gasteiger charge is -2.31. The third-order valence-corrected chi connectivity index (χ3v) is 4.52. The van der Waals surface area contributed by atoms with Gasteiger partial charge in [-0.1, -0.05) is 26.2 Å². The van der Waals surface area contributed by atoms with Crippen LogP contribution in [0.4, 0.5) is 5.69 Å². The summed E-state index contributed by atoms with van der Waals surface area (Å²) in [6.45, 7) is 2.41. The molecule has 1 aromatic rings. The summed E-state index contributed by atoms with van der Waals surface area (Å²) in [5.41, 5.74) is 0.942. The number of esters is 1. The van der Waals surface area contributed by atoms with Crippen molar-refractivity contribution in [3.05, 3.63) is 29.8 Å². The first kappa shape index (κ1) is 19.0. The van der Waals surface area contributed by atoms with Crippen molar-refractivity contribution in [2.75, 3.05) is 11.9 Å². The molecule has 1 amide bonds. The number of nitrogens with one attached hydrogen (secondary N) is 1. The molecule has 2 atom stereocenters. The van der Waals surface area contributed by atoms with E-state index in [-0.39, 0.29) is 5.91 Å². The van der Waals surface area contributed by atoms with Crippen LogP contribution < -0.4 is 10.4 Å². The molecule has 1 aliphatic rings. The Kier molecular flexibility index (Phi) is 6.98. The minimum Gasteiger partial charge on any atom is -0.550 e. The molecule has 1 aliphatic carbocycles. The Balaban J connectivity index is 1.94. The Bertz CT molecular complexity index is 611. The van der Waals surface area contributed by atoms with Crippen molar-refractivity contribution < 1.29 is 24.2 Å². The zero-order chi connectivity index (χ0) is 18.2. The number of anilines is 1. The topological polar surface area (TPSA) is 95.5 Å². The van der Waals surface area contributed by atoms with Gasteiger partial charge in [0.15, 0.2) is 0 Å². The maximum absolute atomic E-state index is 12.4. The van der Waals surface area contributed by atoms with E-state index in [4.69, 9.17) is 4.74 Å². The van der Waals surface area contributed by atoms with E-state index in [1.807, 2.05) is 6.92 Å². The first-order valence-electron chi connectivity index (χ1n) is 8.81. The normalized spacial score (nSPS) is 19.9. The van der Waals surface area contributed by atoms with Crippen molar-refractivity contribution in [1.29, 1.82) is 0 Å². The predicted molar refractivity (Wildman–Crippen MR) is 90.7 cm³/mol. The monoisotopic (exact) mass is 346 g/mol. The van der Waals surface area contributed by atoms with Crippen molar-refractivity contribution in [2.24, 2.45) is 11.8 Å². The molecular formula is C19H24NO5-. The number of hydrogen-bond acceptors (Lipinski definition) is 5. The summed E-state index contributed by atoms with van der Waals surface area (Å²) in [4.78, 5) is 35.4. The minimum atomic E-state index is -1.16. The molecule has 0 bridgehead atoms. The number of amides is 1. The molecule has 1 fully saturated rings. The highest BCUT2D eigenvalue weighted by atomic mass is 16.5. The Morgan fingerprint density at radius 3 is 2.36 bits per heavy atom. The van der Waals surface area contributed by atoms with Crippen LogP contribution in [-0.2, 0) is 14.3 Å². The molecule has 6 heteroatoms. The van der Waals surface area contributed by atoms with Crippen LogP contribution in [0.15, 0.2) is 24.3 Å². The number of ether oxygens (including phenoxy) is 1. The SMILES string of the molecule is CCCCOC(=O)c1ccc(NC(=O)[C@H]2CCCC[C@H]2C(=O)[O-])cc1. The van der Waals surface area contributed by atoms with E-state index in [9.17, 15) is 19.5 Å². The number of unbranched alkanes of at least 4 members (excludes halogenated alkanes) is 1. The number of carboxylic acid groups (broad SMARTS) is 1. The first-order valence-corrected chi connectivity index (χ1v) is 8.81. The van der Waals surface area contributed by atoms with Gasteiger partial charge < -0.3 is 20.0 Å². The van der Waals surface area contributed by atoms with Crippen molar-refractivity contribution in [2.45, 2.75) is 45.4 Å². The third kappa shape index (κ3) is 5.31.